The predicted octanol–water partition coefficient (Wildman–Crippen LogP) is 5.30. The monoisotopic (exact) mass is 425 g/mol. The number of alkyl halides is 6. The van der Waals surface area contributed by atoms with E-state index in [0.29, 0.717) is 12.1 Å². The van der Waals surface area contributed by atoms with Gasteiger partial charge in [-0.1, -0.05) is 0 Å². The number of nitrogens with zero attached hydrogens (tertiary/aromatic N) is 1. The first-order chi connectivity index (χ1) is 13.3. The summed E-state index contributed by atoms with van der Waals surface area (Å²) in [7, 11) is 0. The molecule has 0 aromatic heterocycles. The van der Waals surface area contributed by atoms with Gasteiger partial charge in [0.15, 0.2) is 0 Å². The van der Waals surface area contributed by atoms with Crippen LogP contribution in [-0.2, 0) is 12.4 Å². The van der Waals surface area contributed by atoms with Crippen LogP contribution in [0.25, 0.3) is 0 Å². The van der Waals surface area contributed by atoms with Gasteiger partial charge in [0, 0.05) is 6.54 Å². The lowest BCUT2D eigenvalue weighted by atomic mass is 10.0. The van der Waals surface area contributed by atoms with Gasteiger partial charge in [0.05, 0.1) is 22.3 Å². The maximum atomic E-state index is 13.4. The Morgan fingerprint density at radius 2 is 1.10 bits per heavy atom. The maximum absolute atomic E-state index is 13.4. The van der Waals surface area contributed by atoms with Crippen molar-refractivity contribution in [3.8, 4) is 0 Å². The summed E-state index contributed by atoms with van der Waals surface area (Å²) in [6, 6.07) is 1.85. The molecule has 0 aliphatic rings. The van der Waals surface area contributed by atoms with E-state index in [-0.39, 0.29) is 29.2 Å². The van der Waals surface area contributed by atoms with Crippen molar-refractivity contribution in [2.24, 2.45) is 0 Å². The molecule has 0 spiro atoms. The van der Waals surface area contributed by atoms with Crippen LogP contribution in [0.4, 0.5) is 35.1 Å². The lowest BCUT2D eigenvalue weighted by Gasteiger charge is -2.23. The van der Waals surface area contributed by atoms with Gasteiger partial charge in [-0.15, -0.1) is 0 Å². The minimum Gasteiger partial charge on any atom is -0.275 e. The molecule has 0 aliphatic heterocycles. The number of hydrogen-bond acceptors (Lipinski definition) is 2. The van der Waals surface area contributed by atoms with Crippen molar-refractivity contribution in [2.75, 3.05) is 6.54 Å². The second kappa shape index (κ2) is 7.80. The van der Waals surface area contributed by atoms with Crippen LogP contribution in [0.5, 0.6) is 0 Å². The van der Waals surface area contributed by atoms with Gasteiger partial charge in [-0.25, -0.2) is 8.78 Å². The number of imide groups is 1. The Morgan fingerprint density at radius 3 is 1.38 bits per heavy atom. The Morgan fingerprint density at radius 1 is 0.759 bits per heavy atom. The number of rotatable bonds is 3. The van der Waals surface area contributed by atoms with E-state index in [4.69, 9.17) is 0 Å². The van der Waals surface area contributed by atoms with Crippen molar-refractivity contribution in [1.29, 1.82) is 0 Å². The van der Waals surface area contributed by atoms with Gasteiger partial charge in [0.25, 0.3) is 11.8 Å². The summed E-state index contributed by atoms with van der Waals surface area (Å²) in [4.78, 5) is 25.1. The van der Waals surface area contributed by atoms with Crippen molar-refractivity contribution in [3.63, 3.8) is 0 Å². The molecule has 0 unspecified atom stereocenters. The summed E-state index contributed by atoms with van der Waals surface area (Å²) < 4.78 is 106. The lowest BCUT2D eigenvalue weighted by Crippen LogP contribution is -2.38. The fourth-order valence-corrected chi connectivity index (χ4v) is 2.55. The van der Waals surface area contributed by atoms with E-state index in [1.54, 1.807) is 0 Å². The number of benzene rings is 2. The lowest BCUT2D eigenvalue weighted by molar-refractivity contribution is -0.138. The van der Waals surface area contributed by atoms with Gasteiger partial charge in [-0.3, -0.25) is 14.5 Å². The molecule has 0 saturated carbocycles. The molecule has 3 nitrogen and oxygen atoms in total. The molecule has 156 valence electrons. The molecule has 0 radical (unpaired) electrons. The summed E-state index contributed by atoms with van der Waals surface area (Å²) in [5.74, 6) is -5.82. The Bertz CT molecular complexity index is 874. The van der Waals surface area contributed by atoms with E-state index < -0.39 is 64.6 Å². The Kier molecular flexibility index (Phi) is 6.00. The molecular weight excluding hydrogens is 414 g/mol. The smallest absolute Gasteiger partial charge is 0.275 e. The molecule has 2 rings (SSSR count). The summed E-state index contributed by atoms with van der Waals surface area (Å²) in [5, 5.41) is 0. The summed E-state index contributed by atoms with van der Waals surface area (Å²) in [5.41, 5.74) is -5.69. The highest BCUT2D eigenvalue weighted by Crippen LogP contribution is 2.35. The molecule has 0 atom stereocenters. The van der Waals surface area contributed by atoms with E-state index in [9.17, 15) is 44.7 Å². The molecule has 2 aromatic carbocycles. The van der Waals surface area contributed by atoms with Gasteiger partial charge >= 0.3 is 12.4 Å². The molecule has 0 bridgehead atoms. The highest BCUT2D eigenvalue weighted by Gasteiger charge is 2.40. The summed E-state index contributed by atoms with van der Waals surface area (Å²) in [6.45, 7) is 0.453. The van der Waals surface area contributed by atoms with Gasteiger partial charge in [-0.2, -0.15) is 26.3 Å². The quantitative estimate of drug-likeness (QED) is 0.494. The molecule has 0 heterocycles. The number of halogens is 8. The SMILES string of the molecule is CCN(C(=O)c1cc(F)ccc1C(F)(F)F)C(=O)c1cc(F)ccc1C(F)(F)F. The third-order valence-electron chi connectivity index (χ3n) is 3.84. The van der Waals surface area contributed by atoms with Crippen LogP contribution in [0.2, 0.25) is 0 Å². The maximum Gasteiger partial charge on any atom is 0.417 e. The topological polar surface area (TPSA) is 37.4 Å². The fraction of sp³-hybridized carbons (Fsp3) is 0.222. The van der Waals surface area contributed by atoms with Gasteiger partial charge < -0.3 is 0 Å². The van der Waals surface area contributed by atoms with Crippen LogP contribution in [0.3, 0.4) is 0 Å². The Hall–Kier alpha value is -2.98. The number of carbonyl (C=O) groups excluding carboxylic acids is 2. The first-order valence-electron chi connectivity index (χ1n) is 7.87. The molecular formula is C18H11F8NO2. The number of amides is 2. The zero-order valence-corrected chi connectivity index (χ0v) is 14.5. The van der Waals surface area contributed by atoms with E-state index in [2.05, 4.69) is 0 Å². The molecule has 2 aromatic rings. The van der Waals surface area contributed by atoms with Crippen molar-refractivity contribution in [2.45, 2.75) is 19.3 Å². The van der Waals surface area contributed by atoms with E-state index in [0.717, 1.165) is 6.92 Å². The third-order valence-corrected chi connectivity index (χ3v) is 3.84. The number of carbonyl (C=O) groups is 2. The van der Waals surface area contributed by atoms with E-state index in [1.165, 1.54) is 0 Å². The Labute approximate surface area is 158 Å². The Balaban J connectivity index is 2.59. The molecule has 0 aliphatic carbocycles. The van der Waals surface area contributed by atoms with Crippen LogP contribution >= 0.6 is 0 Å². The van der Waals surface area contributed by atoms with Crippen molar-refractivity contribution in [1.82, 2.24) is 4.90 Å². The first-order valence-corrected chi connectivity index (χ1v) is 7.87. The van der Waals surface area contributed by atoms with E-state index >= 15 is 0 Å². The summed E-state index contributed by atoms with van der Waals surface area (Å²) in [6.07, 6.45) is -10.2. The van der Waals surface area contributed by atoms with Gasteiger partial charge in [0.2, 0.25) is 0 Å². The predicted molar refractivity (Wildman–Crippen MR) is 83.8 cm³/mol. The summed E-state index contributed by atoms with van der Waals surface area (Å²) >= 11 is 0. The van der Waals surface area contributed by atoms with Crippen LogP contribution in [0.15, 0.2) is 36.4 Å². The highest BCUT2D eigenvalue weighted by atomic mass is 19.4. The van der Waals surface area contributed by atoms with Crippen LogP contribution in [0.1, 0.15) is 38.8 Å². The largest absolute Gasteiger partial charge is 0.417 e. The molecule has 29 heavy (non-hydrogen) atoms. The molecule has 0 saturated heterocycles. The second-order valence-electron chi connectivity index (χ2n) is 5.73. The minimum atomic E-state index is -5.10. The molecule has 0 fully saturated rings. The van der Waals surface area contributed by atoms with Crippen molar-refractivity contribution in [3.05, 3.63) is 70.3 Å². The van der Waals surface area contributed by atoms with Crippen LogP contribution in [0, 0.1) is 11.6 Å². The standard InChI is InChI=1S/C18H11F8NO2/c1-2-27(15(28)11-7-9(19)3-5-13(11)17(21,22)23)16(29)12-8-10(20)4-6-14(12)18(24,25)26/h3-8H,2H2,1H3. The van der Waals surface area contributed by atoms with Crippen LogP contribution in [-0.4, -0.2) is 23.3 Å². The molecule has 2 amide bonds. The van der Waals surface area contributed by atoms with Gasteiger partial charge in [-0.05, 0) is 43.3 Å². The highest BCUT2D eigenvalue weighted by molar-refractivity contribution is 6.11. The van der Waals surface area contributed by atoms with E-state index in [1.807, 2.05) is 0 Å². The second-order valence-corrected chi connectivity index (χ2v) is 5.73. The van der Waals surface area contributed by atoms with Crippen molar-refractivity contribution >= 4 is 11.8 Å². The first kappa shape index (κ1) is 22.3. The van der Waals surface area contributed by atoms with Crippen molar-refractivity contribution < 1.29 is 44.7 Å². The molecule has 0 N–H and O–H groups in total. The average molecular weight is 425 g/mol. The minimum absolute atomic E-state index is 0.0496. The molecule has 11 heteroatoms. The zero-order valence-electron chi connectivity index (χ0n) is 14.5. The normalized spacial score (nSPS) is 12.0. The van der Waals surface area contributed by atoms with Gasteiger partial charge in [0.1, 0.15) is 11.6 Å². The van der Waals surface area contributed by atoms with Crippen LogP contribution < -0.4 is 0 Å². The zero-order chi connectivity index (χ0) is 22.1. The number of hydrogen-bond donors (Lipinski definition) is 0. The average Bonchev–Trinajstić information content (AvgIpc) is 2.59. The fourth-order valence-electron chi connectivity index (χ4n) is 2.55. The third kappa shape index (κ3) is 4.72.